The van der Waals surface area contributed by atoms with E-state index in [0.29, 0.717) is 22.8 Å². The molecule has 0 bridgehead atoms. The van der Waals surface area contributed by atoms with Crippen molar-refractivity contribution in [1.82, 2.24) is 9.97 Å². The molecule has 5 heteroatoms. The standard InChI is InChI=1S/C15H13N3O2/c1-20-14-5-3-10(7-11(14)16)15-17-12-4-2-9(8-19)6-13(12)18-15/h2-8H,16H2,1H3,(H,17,18). The van der Waals surface area contributed by atoms with Crippen molar-refractivity contribution in [3.63, 3.8) is 0 Å². The van der Waals surface area contributed by atoms with E-state index in [1.807, 2.05) is 12.1 Å². The highest BCUT2D eigenvalue weighted by atomic mass is 16.5. The van der Waals surface area contributed by atoms with Gasteiger partial charge in [0.25, 0.3) is 0 Å². The van der Waals surface area contributed by atoms with E-state index in [1.54, 1.807) is 31.4 Å². The quantitative estimate of drug-likeness (QED) is 0.564. The first kappa shape index (κ1) is 12.2. The van der Waals surface area contributed by atoms with E-state index in [4.69, 9.17) is 10.5 Å². The third-order valence-corrected chi connectivity index (χ3v) is 3.15. The van der Waals surface area contributed by atoms with Gasteiger partial charge in [-0.25, -0.2) is 4.98 Å². The van der Waals surface area contributed by atoms with Gasteiger partial charge in [0.05, 0.1) is 23.8 Å². The molecular formula is C15H13N3O2. The smallest absolute Gasteiger partial charge is 0.150 e. The first-order chi connectivity index (χ1) is 9.71. The zero-order valence-electron chi connectivity index (χ0n) is 10.9. The molecule has 20 heavy (non-hydrogen) atoms. The number of hydrogen-bond acceptors (Lipinski definition) is 4. The van der Waals surface area contributed by atoms with Crippen LogP contribution in [0, 0.1) is 0 Å². The van der Waals surface area contributed by atoms with Crippen LogP contribution in [0.4, 0.5) is 5.69 Å². The molecule has 0 saturated heterocycles. The number of benzene rings is 2. The molecule has 0 aliphatic heterocycles. The maximum atomic E-state index is 10.8. The average Bonchev–Trinajstić information content (AvgIpc) is 2.89. The van der Waals surface area contributed by atoms with E-state index in [0.717, 1.165) is 22.9 Å². The molecule has 3 rings (SSSR count). The Hall–Kier alpha value is -2.82. The first-order valence-electron chi connectivity index (χ1n) is 6.10. The highest BCUT2D eigenvalue weighted by Crippen LogP contribution is 2.28. The number of carbonyl (C=O) groups excluding carboxylic acids is 1. The van der Waals surface area contributed by atoms with E-state index >= 15 is 0 Å². The van der Waals surface area contributed by atoms with Gasteiger partial charge in [0.1, 0.15) is 17.9 Å². The number of fused-ring (bicyclic) bond motifs is 1. The van der Waals surface area contributed by atoms with Gasteiger partial charge in [-0.15, -0.1) is 0 Å². The Morgan fingerprint density at radius 3 is 2.80 bits per heavy atom. The molecule has 100 valence electrons. The average molecular weight is 267 g/mol. The number of aromatic amines is 1. The predicted molar refractivity (Wildman–Crippen MR) is 77.9 cm³/mol. The summed E-state index contributed by atoms with van der Waals surface area (Å²) in [6, 6.07) is 10.8. The Labute approximate surface area is 115 Å². The second kappa shape index (κ2) is 4.70. The summed E-state index contributed by atoms with van der Waals surface area (Å²) in [5.74, 6) is 1.34. The van der Waals surface area contributed by atoms with Crippen molar-refractivity contribution in [2.45, 2.75) is 0 Å². The lowest BCUT2D eigenvalue weighted by Gasteiger charge is -2.05. The van der Waals surface area contributed by atoms with E-state index in [9.17, 15) is 4.79 Å². The molecule has 3 aromatic rings. The third kappa shape index (κ3) is 1.99. The van der Waals surface area contributed by atoms with E-state index < -0.39 is 0 Å². The number of carbonyl (C=O) groups is 1. The SMILES string of the molecule is COc1ccc(-c2nc3ccc(C=O)cc3[nH]2)cc1N. The Kier molecular flexibility index (Phi) is 2.87. The van der Waals surface area contributed by atoms with E-state index in [1.165, 1.54) is 0 Å². The summed E-state index contributed by atoms with van der Waals surface area (Å²) in [5, 5.41) is 0. The first-order valence-corrected chi connectivity index (χ1v) is 6.10. The highest BCUT2D eigenvalue weighted by Gasteiger charge is 2.08. The number of nitrogens with two attached hydrogens (primary N) is 1. The van der Waals surface area contributed by atoms with Crippen LogP contribution in [0.5, 0.6) is 5.75 Å². The summed E-state index contributed by atoms with van der Waals surface area (Å²) < 4.78 is 5.13. The van der Waals surface area contributed by atoms with Crippen molar-refractivity contribution in [1.29, 1.82) is 0 Å². The van der Waals surface area contributed by atoms with Crippen molar-refractivity contribution >= 4 is 23.0 Å². The molecule has 0 aliphatic carbocycles. The minimum atomic E-state index is 0.555. The lowest BCUT2D eigenvalue weighted by atomic mass is 10.2. The van der Waals surface area contributed by atoms with Gasteiger partial charge in [-0.3, -0.25) is 4.79 Å². The number of imidazole rings is 1. The van der Waals surface area contributed by atoms with Crippen molar-refractivity contribution in [2.24, 2.45) is 0 Å². The van der Waals surface area contributed by atoms with Gasteiger partial charge in [-0.05, 0) is 36.4 Å². The van der Waals surface area contributed by atoms with Crippen LogP contribution in [0.3, 0.4) is 0 Å². The molecule has 0 atom stereocenters. The number of aldehydes is 1. The van der Waals surface area contributed by atoms with Crippen LogP contribution in [0.25, 0.3) is 22.4 Å². The fourth-order valence-corrected chi connectivity index (χ4v) is 2.12. The monoisotopic (exact) mass is 267 g/mol. The molecule has 3 N–H and O–H groups in total. The van der Waals surface area contributed by atoms with Crippen LogP contribution in [0.2, 0.25) is 0 Å². The Balaban J connectivity index is 2.09. The van der Waals surface area contributed by atoms with Crippen LogP contribution in [0.15, 0.2) is 36.4 Å². The summed E-state index contributed by atoms with van der Waals surface area (Å²) in [6.45, 7) is 0. The van der Waals surface area contributed by atoms with Gasteiger partial charge >= 0.3 is 0 Å². The Bertz CT molecular complexity index is 793. The highest BCUT2D eigenvalue weighted by molar-refractivity contribution is 5.86. The third-order valence-electron chi connectivity index (χ3n) is 3.15. The molecule has 0 radical (unpaired) electrons. The van der Waals surface area contributed by atoms with E-state index in [-0.39, 0.29) is 0 Å². The molecule has 5 nitrogen and oxygen atoms in total. The molecule has 0 aliphatic rings. The van der Waals surface area contributed by atoms with Crippen LogP contribution in [0.1, 0.15) is 10.4 Å². The molecule has 2 aromatic carbocycles. The molecule has 0 fully saturated rings. The normalized spacial score (nSPS) is 10.7. The van der Waals surface area contributed by atoms with Gasteiger partial charge in [0.15, 0.2) is 0 Å². The summed E-state index contributed by atoms with van der Waals surface area (Å²) in [4.78, 5) is 18.4. The van der Waals surface area contributed by atoms with Gasteiger partial charge in [0.2, 0.25) is 0 Å². The lowest BCUT2D eigenvalue weighted by Crippen LogP contribution is -1.92. The Morgan fingerprint density at radius 1 is 1.25 bits per heavy atom. The minimum Gasteiger partial charge on any atom is -0.495 e. The number of hydrogen-bond donors (Lipinski definition) is 2. The summed E-state index contributed by atoms with van der Waals surface area (Å²) in [6.07, 6.45) is 0.811. The topological polar surface area (TPSA) is 81.0 Å². The number of anilines is 1. The van der Waals surface area contributed by atoms with E-state index in [2.05, 4.69) is 9.97 Å². The van der Waals surface area contributed by atoms with Crippen LogP contribution in [-0.2, 0) is 0 Å². The molecule has 0 amide bonds. The number of nitrogens with zero attached hydrogens (tertiary/aromatic N) is 1. The lowest BCUT2D eigenvalue weighted by molar-refractivity contribution is 0.112. The largest absolute Gasteiger partial charge is 0.495 e. The van der Waals surface area contributed by atoms with Gasteiger partial charge in [-0.1, -0.05) is 0 Å². The summed E-state index contributed by atoms with van der Waals surface area (Å²) >= 11 is 0. The van der Waals surface area contributed by atoms with Crippen molar-refractivity contribution < 1.29 is 9.53 Å². The van der Waals surface area contributed by atoms with Gasteiger partial charge < -0.3 is 15.5 Å². The zero-order chi connectivity index (χ0) is 14.1. The number of methoxy groups -OCH3 is 1. The molecule has 1 heterocycles. The fraction of sp³-hybridized carbons (Fsp3) is 0.0667. The second-order valence-electron chi connectivity index (χ2n) is 4.44. The number of nitrogens with one attached hydrogen (secondary N) is 1. The van der Waals surface area contributed by atoms with Crippen LogP contribution >= 0.6 is 0 Å². The number of nitrogen functional groups attached to an aromatic ring is 1. The second-order valence-corrected chi connectivity index (χ2v) is 4.44. The molecule has 1 aromatic heterocycles. The fourth-order valence-electron chi connectivity index (χ4n) is 2.12. The Morgan fingerprint density at radius 2 is 2.10 bits per heavy atom. The van der Waals surface area contributed by atoms with Gasteiger partial charge in [-0.2, -0.15) is 0 Å². The van der Waals surface area contributed by atoms with Gasteiger partial charge in [0, 0.05) is 11.1 Å². The minimum absolute atomic E-state index is 0.555. The number of ether oxygens (including phenoxy) is 1. The molecular weight excluding hydrogens is 254 g/mol. The number of H-pyrrole nitrogens is 1. The van der Waals surface area contributed by atoms with Crippen molar-refractivity contribution in [2.75, 3.05) is 12.8 Å². The predicted octanol–water partition coefficient (Wildman–Crippen LogP) is 2.63. The summed E-state index contributed by atoms with van der Waals surface area (Å²) in [7, 11) is 1.58. The number of aromatic nitrogens is 2. The van der Waals surface area contributed by atoms with Crippen LogP contribution < -0.4 is 10.5 Å². The van der Waals surface area contributed by atoms with Crippen LogP contribution in [-0.4, -0.2) is 23.4 Å². The zero-order valence-corrected chi connectivity index (χ0v) is 10.9. The molecule has 0 saturated carbocycles. The van der Waals surface area contributed by atoms with Crippen molar-refractivity contribution in [3.8, 4) is 17.1 Å². The van der Waals surface area contributed by atoms with Crippen molar-refractivity contribution in [3.05, 3.63) is 42.0 Å². The molecule has 0 unspecified atom stereocenters. The maximum Gasteiger partial charge on any atom is 0.150 e. The number of rotatable bonds is 3. The molecule has 0 spiro atoms. The summed E-state index contributed by atoms with van der Waals surface area (Å²) in [5.41, 5.74) is 9.56. The maximum absolute atomic E-state index is 10.8.